The number of nitrogen functional groups attached to an aromatic ring is 1. The highest BCUT2D eigenvalue weighted by Gasteiger charge is 2.09. The first-order valence-electron chi connectivity index (χ1n) is 5.34. The fourth-order valence-corrected chi connectivity index (χ4v) is 2.53. The van der Waals surface area contributed by atoms with Crippen molar-refractivity contribution in [3.8, 4) is 5.69 Å². The second-order valence-corrected chi connectivity index (χ2v) is 5.14. The molecule has 5 heteroatoms. The summed E-state index contributed by atoms with van der Waals surface area (Å²) in [5.74, 6) is 0. The topological polar surface area (TPSA) is 43.8 Å². The summed E-state index contributed by atoms with van der Waals surface area (Å²) in [5, 5.41) is 0.671. The molecule has 0 spiro atoms. The van der Waals surface area contributed by atoms with Gasteiger partial charge in [-0.05, 0) is 46.3 Å². The molecule has 18 heavy (non-hydrogen) atoms. The number of nitrogens with two attached hydrogens (primary N) is 1. The molecule has 0 amide bonds. The van der Waals surface area contributed by atoms with Gasteiger partial charge < -0.3 is 5.73 Å². The Balaban J connectivity index is 2.29. The Morgan fingerprint density at radius 1 is 1.22 bits per heavy atom. The second-order valence-electron chi connectivity index (χ2n) is 3.94. The summed E-state index contributed by atoms with van der Waals surface area (Å²) in [6.07, 6.45) is 1.76. The molecule has 1 heterocycles. The zero-order valence-corrected chi connectivity index (χ0v) is 11.6. The summed E-state index contributed by atoms with van der Waals surface area (Å²) in [6.45, 7) is 0. The third-order valence-corrected chi connectivity index (χ3v) is 4.14. The van der Waals surface area contributed by atoms with E-state index in [0.29, 0.717) is 10.7 Å². The van der Waals surface area contributed by atoms with Crippen molar-refractivity contribution in [2.24, 2.45) is 0 Å². The molecule has 3 rings (SSSR count). The number of anilines is 1. The lowest BCUT2D eigenvalue weighted by Crippen LogP contribution is -1.93. The van der Waals surface area contributed by atoms with Crippen LogP contribution in [0.4, 0.5) is 5.69 Å². The van der Waals surface area contributed by atoms with Crippen LogP contribution in [0.25, 0.3) is 16.7 Å². The zero-order chi connectivity index (χ0) is 12.7. The molecule has 0 fully saturated rings. The van der Waals surface area contributed by atoms with Gasteiger partial charge in [-0.1, -0.05) is 17.7 Å². The van der Waals surface area contributed by atoms with E-state index < -0.39 is 0 Å². The van der Waals surface area contributed by atoms with Gasteiger partial charge in [0.1, 0.15) is 6.33 Å². The maximum Gasteiger partial charge on any atom is 0.100 e. The molecule has 0 saturated carbocycles. The molecule has 3 nitrogen and oxygen atoms in total. The number of rotatable bonds is 1. The lowest BCUT2D eigenvalue weighted by molar-refractivity contribution is 1.08. The largest absolute Gasteiger partial charge is 0.399 e. The van der Waals surface area contributed by atoms with Gasteiger partial charge in [0.15, 0.2) is 0 Å². The third-order valence-electron chi connectivity index (χ3n) is 2.76. The van der Waals surface area contributed by atoms with Crippen molar-refractivity contribution in [3.63, 3.8) is 0 Å². The molecule has 0 saturated heterocycles. The number of hydrogen-bond acceptors (Lipinski definition) is 2. The van der Waals surface area contributed by atoms with Crippen LogP contribution >= 0.6 is 27.5 Å². The first kappa shape index (κ1) is 11.6. The van der Waals surface area contributed by atoms with Gasteiger partial charge in [-0.25, -0.2) is 4.98 Å². The van der Waals surface area contributed by atoms with Gasteiger partial charge in [0.25, 0.3) is 0 Å². The Bertz CT molecular complexity index is 736. The molecule has 0 aliphatic carbocycles. The zero-order valence-electron chi connectivity index (χ0n) is 9.27. The quantitative estimate of drug-likeness (QED) is 0.688. The molecule has 0 aliphatic heterocycles. The fourth-order valence-electron chi connectivity index (χ4n) is 1.90. The van der Waals surface area contributed by atoms with Crippen molar-refractivity contribution in [2.75, 3.05) is 5.73 Å². The van der Waals surface area contributed by atoms with Gasteiger partial charge in [0, 0.05) is 5.69 Å². The number of halogens is 2. The Morgan fingerprint density at radius 3 is 2.89 bits per heavy atom. The lowest BCUT2D eigenvalue weighted by atomic mass is 10.2. The monoisotopic (exact) mass is 321 g/mol. The summed E-state index contributed by atoms with van der Waals surface area (Å²) >= 11 is 9.60. The van der Waals surface area contributed by atoms with Crippen molar-refractivity contribution in [2.45, 2.75) is 0 Å². The Morgan fingerprint density at radius 2 is 2.06 bits per heavy atom. The minimum atomic E-state index is 0.671. The maximum atomic E-state index is 6.11. The normalized spacial score (nSPS) is 11.0. The number of benzene rings is 2. The molecule has 0 radical (unpaired) electrons. The second kappa shape index (κ2) is 4.30. The van der Waals surface area contributed by atoms with E-state index in [9.17, 15) is 0 Å². The van der Waals surface area contributed by atoms with Crippen LogP contribution in [0.2, 0.25) is 5.02 Å². The van der Waals surface area contributed by atoms with Crippen LogP contribution < -0.4 is 5.73 Å². The van der Waals surface area contributed by atoms with Crippen molar-refractivity contribution in [1.29, 1.82) is 0 Å². The summed E-state index contributed by atoms with van der Waals surface area (Å²) in [7, 11) is 0. The number of hydrogen-bond donors (Lipinski definition) is 1. The van der Waals surface area contributed by atoms with Crippen LogP contribution in [0.3, 0.4) is 0 Å². The summed E-state index contributed by atoms with van der Waals surface area (Å²) in [5.41, 5.74) is 9.26. The van der Waals surface area contributed by atoms with Crippen LogP contribution in [0.5, 0.6) is 0 Å². The predicted octanol–water partition coefficient (Wildman–Crippen LogP) is 4.02. The molecular weight excluding hydrogens is 314 g/mol. The van der Waals surface area contributed by atoms with Crippen molar-refractivity contribution >= 4 is 44.3 Å². The van der Waals surface area contributed by atoms with Crippen LogP contribution in [0.1, 0.15) is 0 Å². The van der Waals surface area contributed by atoms with Crippen molar-refractivity contribution < 1.29 is 0 Å². The average molecular weight is 323 g/mol. The highest BCUT2D eigenvalue weighted by molar-refractivity contribution is 9.10. The maximum absolute atomic E-state index is 6.11. The minimum absolute atomic E-state index is 0.671. The first-order valence-corrected chi connectivity index (χ1v) is 6.51. The molecular formula is C13H9BrClN3. The molecule has 90 valence electrons. The van der Waals surface area contributed by atoms with Gasteiger partial charge in [-0.2, -0.15) is 0 Å². The molecule has 0 unspecified atom stereocenters. The van der Waals surface area contributed by atoms with E-state index in [2.05, 4.69) is 20.9 Å². The fraction of sp³-hybridized carbons (Fsp3) is 0. The van der Waals surface area contributed by atoms with Gasteiger partial charge in [0.05, 0.1) is 26.2 Å². The summed E-state index contributed by atoms with van der Waals surface area (Å²) < 4.78 is 2.83. The van der Waals surface area contributed by atoms with Crippen LogP contribution in [-0.4, -0.2) is 9.55 Å². The van der Waals surface area contributed by atoms with E-state index in [0.717, 1.165) is 21.2 Å². The first-order chi connectivity index (χ1) is 8.66. The average Bonchev–Trinajstić information content (AvgIpc) is 2.75. The summed E-state index contributed by atoms with van der Waals surface area (Å²) in [4.78, 5) is 4.35. The molecule has 2 N–H and O–H groups in total. The van der Waals surface area contributed by atoms with E-state index in [4.69, 9.17) is 17.3 Å². The predicted molar refractivity (Wildman–Crippen MR) is 78.2 cm³/mol. The number of aromatic nitrogens is 2. The van der Waals surface area contributed by atoms with Crippen molar-refractivity contribution in [3.05, 3.63) is 52.2 Å². The smallest absolute Gasteiger partial charge is 0.100 e. The lowest BCUT2D eigenvalue weighted by Gasteiger charge is -2.08. The van der Waals surface area contributed by atoms with Crippen LogP contribution in [-0.2, 0) is 0 Å². The third kappa shape index (κ3) is 1.78. The van der Waals surface area contributed by atoms with E-state index >= 15 is 0 Å². The molecule has 1 aromatic heterocycles. The molecule has 0 bridgehead atoms. The van der Waals surface area contributed by atoms with E-state index in [1.807, 2.05) is 41.0 Å². The highest BCUT2D eigenvalue weighted by Crippen LogP contribution is 2.31. The van der Waals surface area contributed by atoms with E-state index in [1.54, 1.807) is 6.33 Å². The standard InChI is InChI=1S/C13H9BrClN3/c14-13-9(15)2-1-3-12(13)18-7-17-10-6-8(16)4-5-11(10)18/h1-7H,16H2. The molecule has 2 aromatic carbocycles. The Labute approximate surface area is 117 Å². The van der Waals surface area contributed by atoms with Gasteiger partial charge >= 0.3 is 0 Å². The van der Waals surface area contributed by atoms with E-state index in [-0.39, 0.29) is 0 Å². The summed E-state index contributed by atoms with van der Waals surface area (Å²) in [6, 6.07) is 11.4. The number of fused-ring (bicyclic) bond motifs is 1. The van der Waals surface area contributed by atoms with Crippen molar-refractivity contribution in [1.82, 2.24) is 9.55 Å². The van der Waals surface area contributed by atoms with Gasteiger partial charge in [0.2, 0.25) is 0 Å². The molecule has 3 aromatic rings. The SMILES string of the molecule is Nc1ccc2c(c1)ncn2-c1cccc(Cl)c1Br. The highest BCUT2D eigenvalue weighted by atomic mass is 79.9. The van der Waals surface area contributed by atoms with Gasteiger partial charge in [-0.15, -0.1) is 0 Å². The van der Waals surface area contributed by atoms with Crippen LogP contribution in [0.15, 0.2) is 47.2 Å². The Kier molecular flexibility index (Phi) is 2.76. The molecule has 0 atom stereocenters. The van der Waals surface area contributed by atoms with Gasteiger partial charge in [-0.3, -0.25) is 4.57 Å². The molecule has 0 aliphatic rings. The number of nitrogens with zero attached hydrogens (tertiary/aromatic N) is 2. The number of imidazole rings is 1. The van der Waals surface area contributed by atoms with Crippen LogP contribution in [0, 0.1) is 0 Å². The Hall–Kier alpha value is -1.52. The minimum Gasteiger partial charge on any atom is -0.399 e. The van der Waals surface area contributed by atoms with E-state index in [1.165, 1.54) is 0 Å².